The number of carbonyl (C=O) groups excluding carboxylic acids is 2. The van der Waals surface area contributed by atoms with Crippen LogP contribution in [-0.4, -0.2) is 25.2 Å². The number of benzene rings is 2. The molecule has 10 heteroatoms. The molecule has 0 atom stereocenters. The summed E-state index contributed by atoms with van der Waals surface area (Å²) in [6, 6.07) is 9.18. The molecule has 9 nitrogen and oxygen atoms in total. The van der Waals surface area contributed by atoms with Gasteiger partial charge in [-0.3, -0.25) is 19.7 Å². The number of amides is 2. The molecule has 1 saturated carbocycles. The summed E-state index contributed by atoms with van der Waals surface area (Å²) in [5.41, 5.74) is 0.340. The standard InChI is InChI=1S/C18H17N3O6S/c1-11-9-15(21(24)25)7-8-16(11)28(26,27)20-18(23)13-3-2-4-14(10-13)19-17(22)12-5-6-12/h2-4,7-10,12H,5-6H2,1H3,(H,19,22)(H,20,23). The molecule has 2 N–H and O–H groups in total. The summed E-state index contributed by atoms with van der Waals surface area (Å²) in [5.74, 6) is -1.02. The molecule has 0 saturated heterocycles. The number of nitrogens with one attached hydrogen (secondary N) is 2. The number of nitro groups is 1. The van der Waals surface area contributed by atoms with E-state index in [1.807, 2.05) is 4.72 Å². The molecule has 1 aliphatic carbocycles. The molecule has 0 aliphatic heterocycles. The number of hydrogen-bond acceptors (Lipinski definition) is 6. The number of rotatable bonds is 6. The maximum atomic E-state index is 12.5. The Labute approximate surface area is 161 Å². The van der Waals surface area contributed by atoms with Gasteiger partial charge in [0.05, 0.1) is 9.82 Å². The number of anilines is 1. The molecule has 1 fully saturated rings. The van der Waals surface area contributed by atoms with E-state index in [2.05, 4.69) is 5.32 Å². The monoisotopic (exact) mass is 403 g/mol. The van der Waals surface area contributed by atoms with Gasteiger partial charge in [-0.05, 0) is 49.6 Å². The zero-order valence-electron chi connectivity index (χ0n) is 14.8. The quantitative estimate of drug-likeness (QED) is 0.561. The Morgan fingerprint density at radius 2 is 1.86 bits per heavy atom. The van der Waals surface area contributed by atoms with Crippen molar-refractivity contribution in [1.82, 2.24) is 4.72 Å². The van der Waals surface area contributed by atoms with Crippen LogP contribution in [0.5, 0.6) is 0 Å². The zero-order valence-corrected chi connectivity index (χ0v) is 15.7. The normalized spacial score (nSPS) is 13.6. The van der Waals surface area contributed by atoms with Crippen LogP contribution in [-0.2, 0) is 14.8 Å². The molecule has 1 aliphatic rings. The number of aryl methyl sites for hydroxylation is 1. The number of non-ortho nitro benzene ring substituents is 1. The summed E-state index contributed by atoms with van der Waals surface area (Å²) in [4.78, 5) is 34.1. The van der Waals surface area contributed by atoms with Gasteiger partial charge in [-0.15, -0.1) is 0 Å². The second-order valence-electron chi connectivity index (χ2n) is 6.49. The highest BCUT2D eigenvalue weighted by molar-refractivity contribution is 7.90. The molecular formula is C18H17N3O6S. The number of sulfonamides is 1. The zero-order chi connectivity index (χ0) is 20.5. The first-order valence-electron chi connectivity index (χ1n) is 8.40. The predicted octanol–water partition coefficient (Wildman–Crippen LogP) is 2.37. The van der Waals surface area contributed by atoms with Crippen molar-refractivity contribution in [3.63, 3.8) is 0 Å². The van der Waals surface area contributed by atoms with Gasteiger partial charge in [0.1, 0.15) is 0 Å². The van der Waals surface area contributed by atoms with Crippen LogP contribution in [0, 0.1) is 23.0 Å². The first-order valence-corrected chi connectivity index (χ1v) is 9.89. The van der Waals surface area contributed by atoms with Crippen LogP contribution >= 0.6 is 0 Å². The predicted molar refractivity (Wildman–Crippen MR) is 100 cm³/mol. The fourth-order valence-electron chi connectivity index (χ4n) is 2.61. The van der Waals surface area contributed by atoms with Crippen LogP contribution in [0.2, 0.25) is 0 Å². The maximum absolute atomic E-state index is 12.5. The van der Waals surface area contributed by atoms with Crippen LogP contribution in [0.25, 0.3) is 0 Å². The fraction of sp³-hybridized carbons (Fsp3) is 0.222. The van der Waals surface area contributed by atoms with Crippen molar-refractivity contribution >= 4 is 33.2 Å². The molecule has 2 amide bonds. The van der Waals surface area contributed by atoms with Gasteiger partial charge in [-0.1, -0.05) is 6.07 Å². The number of nitro benzene ring substituents is 1. The lowest BCUT2D eigenvalue weighted by Gasteiger charge is -2.10. The van der Waals surface area contributed by atoms with Crippen molar-refractivity contribution < 1.29 is 22.9 Å². The van der Waals surface area contributed by atoms with Crippen LogP contribution in [0.4, 0.5) is 11.4 Å². The van der Waals surface area contributed by atoms with Gasteiger partial charge in [0.2, 0.25) is 5.91 Å². The van der Waals surface area contributed by atoms with Crippen LogP contribution in [0.3, 0.4) is 0 Å². The minimum absolute atomic E-state index is 0.0111. The Morgan fingerprint density at radius 3 is 2.46 bits per heavy atom. The minimum Gasteiger partial charge on any atom is -0.326 e. The van der Waals surface area contributed by atoms with E-state index in [0.717, 1.165) is 31.0 Å². The SMILES string of the molecule is Cc1cc([N+](=O)[O-])ccc1S(=O)(=O)NC(=O)c1cccc(NC(=O)C2CC2)c1. The highest BCUT2D eigenvalue weighted by Gasteiger charge is 2.29. The second-order valence-corrected chi connectivity index (χ2v) is 8.14. The Bertz CT molecular complexity index is 1080. The van der Waals surface area contributed by atoms with Crippen LogP contribution < -0.4 is 10.0 Å². The molecule has 28 heavy (non-hydrogen) atoms. The van der Waals surface area contributed by atoms with E-state index in [4.69, 9.17) is 0 Å². The van der Waals surface area contributed by atoms with E-state index in [9.17, 15) is 28.1 Å². The lowest BCUT2D eigenvalue weighted by atomic mass is 10.2. The summed E-state index contributed by atoms with van der Waals surface area (Å²) < 4.78 is 27.0. The molecule has 0 unspecified atom stereocenters. The molecule has 0 bridgehead atoms. The van der Waals surface area contributed by atoms with E-state index in [1.165, 1.54) is 25.1 Å². The number of carbonyl (C=O) groups is 2. The van der Waals surface area contributed by atoms with Crippen molar-refractivity contribution in [1.29, 1.82) is 0 Å². The molecule has 2 aromatic rings. The lowest BCUT2D eigenvalue weighted by Crippen LogP contribution is -2.31. The molecular weight excluding hydrogens is 386 g/mol. The highest BCUT2D eigenvalue weighted by Crippen LogP contribution is 2.30. The molecule has 3 rings (SSSR count). The molecule has 0 radical (unpaired) electrons. The van der Waals surface area contributed by atoms with Crippen molar-refractivity contribution in [2.45, 2.75) is 24.7 Å². The van der Waals surface area contributed by atoms with Crippen molar-refractivity contribution in [3.05, 3.63) is 63.7 Å². The van der Waals surface area contributed by atoms with Gasteiger partial charge in [-0.2, -0.15) is 0 Å². The van der Waals surface area contributed by atoms with E-state index >= 15 is 0 Å². The van der Waals surface area contributed by atoms with Gasteiger partial charge in [-0.25, -0.2) is 13.1 Å². The average molecular weight is 403 g/mol. The van der Waals surface area contributed by atoms with Crippen molar-refractivity contribution in [2.24, 2.45) is 5.92 Å². The average Bonchev–Trinajstić information content (AvgIpc) is 3.46. The Morgan fingerprint density at radius 1 is 1.14 bits per heavy atom. The lowest BCUT2D eigenvalue weighted by molar-refractivity contribution is -0.385. The first-order chi connectivity index (χ1) is 13.2. The third-order valence-electron chi connectivity index (χ3n) is 4.23. The third kappa shape index (κ3) is 4.34. The summed E-state index contributed by atoms with van der Waals surface area (Å²) in [6.45, 7) is 1.40. The molecule has 2 aromatic carbocycles. The van der Waals surface area contributed by atoms with Crippen LogP contribution in [0.15, 0.2) is 47.4 Å². The highest BCUT2D eigenvalue weighted by atomic mass is 32.2. The van der Waals surface area contributed by atoms with E-state index in [-0.39, 0.29) is 33.5 Å². The van der Waals surface area contributed by atoms with Gasteiger partial charge < -0.3 is 5.32 Å². The largest absolute Gasteiger partial charge is 0.326 e. The Balaban J connectivity index is 1.78. The summed E-state index contributed by atoms with van der Waals surface area (Å²) in [5, 5.41) is 13.5. The van der Waals surface area contributed by atoms with Gasteiger partial charge >= 0.3 is 0 Å². The van der Waals surface area contributed by atoms with Gasteiger partial charge in [0, 0.05) is 29.3 Å². The first kappa shape index (κ1) is 19.5. The summed E-state index contributed by atoms with van der Waals surface area (Å²) in [6.07, 6.45) is 1.66. The summed E-state index contributed by atoms with van der Waals surface area (Å²) in [7, 11) is -4.23. The van der Waals surface area contributed by atoms with Crippen molar-refractivity contribution in [3.8, 4) is 0 Å². The minimum atomic E-state index is -4.23. The molecule has 0 aromatic heterocycles. The van der Waals surface area contributed by atoms with Gasteiger partial charge in [0.15, 0.2) is 0 Å². The number of nitrogens with zero attached hydrogens (tertiary/aromatic N) is 1. The summed E-state index contributed by atoms with van der Waals surface area (Å²) >= 11 is 0. The molecule has 146 valence electrons. The van der Waals surface area contributed by atoms with E-state index < -0.39 is 20.9 Å². The number of hydrogen-bond donors (Lipinski definition) is 2. The fourth-order valence-corrected chi connectivity index (χ4v) is 3.81. The van der Waals surface area contributed by atoms with Crippen molar-refractivity contribution in [2.75, 3.05) is 5.32 Å². The maximum Gasteiger partial charge on any atom is 0.269 e. The Kier molecular flexibility index (Phi) is 5.14. The van der Waals surface area contributed by atoms with Gasteiger partial charge in [0.25, 0.3) is 21.6 Å². The van der Waals surface area contributed by atoms with E-state index in [0.29, 0.717) is 5.69 Å². The topological polar surface area (TPSA) is 135 Å². The smallest absolute Gasteiger partial charge is 0.269 e. The molecule has 0 spiro atoms. The van der Waals surface area contributed by atoms with E-state index in [1.54, 1.807) is 6.07 Å². The third-order valence-corrected chi connectivity index (χ3v) is 5.72. The Hall–Kier alpha value is -3.27. The van der Waals surface area contributed by atoms with Crippen LogP contribution in [0.1, 0.15) is 28.8 Å². The molecule has 0 heterocycles. The second kappa shape index (κ2) is 7.39.